The average Bonchev–Trinajstić information content (AvgIpc) is 2.24. The first-order chi connectivity index (χ1) is 7.95. The molecule has 0 saturated carbocycles. The summed E-state index contributed by atoms with van der Waals surface area (Å²) in [5, 5.41) is 0. The van der Waals surface area contributed by atoms with Crippen molar-refractivity contribution in [3.8, 4) is 0 Å². The molecule has 4 nitrogen and oxygen atoms in total. The van der Waals surface area contributed by atoms with E-state index in [2.05, 4.69) is 27.7 Å². The second-order valence-corrected chi connectivity index (χ2v) is 8.14. The predicted molar refractivity (Wildman–Crippen MR) is 64.8 cm³/mol. The minimum atomic E-state index is -3.48. The van der Waals surface area contributed by atoms with E-state index in [1.807, 2.05) is 13.8 Å². The molecule has 0 aliphatic rings. The van der Waals surface area contributed by atoms with E-state index in [4.69, 9.17) is 13.3 Å². The molecular formula is C12H28O4Ti. The van der Waals surface area contributed by atoms with Crippen molar-refractivity contribution in [2.45, 2.75) is 41.5 Å². The third kappa shape index (κ3) is 8.30. The topological polar surface area (TPSA) is 36.9 Å². The predicted octanol–water partition coefficient (Wildman–Crippen LogP) is 3.22. The molecule has 0 spiro atoms. The molecule has 0 rings (SSSR count). The molecule has 0 N–H and O–H groups in total. The van der Waals surface area contributed by atoms with Crippen molar-refractivity contribution in [3.05, 3.63) is 0 Å². The van der Waals surface area contributed by atoms with Crippen molar-refractivity contribution >= 4 is 0 Å². The zero-order valence-corrected chi connectivity index (χ0v) is 13.7. The summed E-state index contributed by atoms with van der Waals surface area (Å²) in [6, 6.07) is 0. The maximum absolute atomic E-state index is 5.84. The molecule has 0 aromatic rings. The van der Waals surface area contributed by atoms with Gasteiger partial charge in [-0.2, -0.15) is 0 Å². The Morgan fingerprint density at radius 2 is 1.06 bits per heavy atom. The molecule has 0 aromatic heterocycles. The molecule has 0 radical (unpaired) electrons. The van der Waals surface area contributed by atoms with E-state index in [1.54, 1.807) is 0 Å². The first-order valence-electron chi connectivity index (χ1n) is 6.51. The molecule has 0 unspecified atom stereocenters. The summed E-state index contributed by atoms with van der Waals surface area (Å²) in [5.74, 6) is 0.895. The normalized spacial score (nSPS) is 12.7. The molecule has 0 amide bonds. The summed E-state index contributed by atoms with van der Waals surface area (Å²) in [6.07, 6.45) is 0. The van der Waals surface area contributed by atoms with Crippen molar-refractivity contribution in [2.75, 3.05) is 26.4 Å². The first-order valence-corrected chi connectivity index (χ1v) is 9.06. The molecule has 0 fully saturated rings. The molecule has 0 aliphatic carbocycles. The summed E-state index contributed by atoms with van der Waals surface area (Å²) in [5.41, 5.74) is 0. The van der Waals surface area contributed by atoms with Crippen LogP contribution in [0.25, 0.3) is 0 Å². The third-order valence-corrected chi connectivity index (χ3v) is 5.46. The fourth-order valence-electron chi connectivity index (χ4n) is 1.14. The summed E-state index contributed by atoms with van der Waals surface area (Å²) in [4.78, 5) is 0. The molecule has 17 heavy (non-hydrogen) atoms. The summed E-state index contributed by atoms with van der Waals surface area (Å²) in [6.45, 7) is 14.7. The molecule has 0 atom stereocenters. The van der Waals surface area contributed by atoms with Crippen LogP contribution in [0.2, 0.25) is 0 Å². The van der Waals surface area contributed by atoms with E-state index in [0.29, 0.717) is 38.3 Å². The van der Waals surface area contributed by atoms with Gasteiger partial charge in [0, 0.05) is 0 Å². The van der Waals surface area contributed by atoms with E-state index in [1.165, 1.54) is 0 Å². The average molecular weight is 284 g/mol. The Balaban J connectivity index is 4.47. The minimum absolute atomic E-state index is 0.448. The van der Waals surface area contributed by atoms with Gasteiger partial charge in [0.25, 0.3) is 0 Å². The standard InChI is InChI=1S/2C4H9O.2C2H5O.Ti/c2*1-4(2)3-5;2*1-2-3;/h2*4H,3H2,1-2H3;2*2H2,1H3;/q4*-1;+4. The van der Waals surface area contributed by atoms with Crippen molar-refractivity contribution in [3.63, 3.8) is 0 Å². The van der Waals surface area contributed by atoms with Gasteiger partial charge in [0.1, 0.15) is 0 Å². The number of hydrogen-bond donors (Lipinski definition) is 0. The van der Waals surface area contributed by atoms with Gasteiger partial charge in [0.15, 0.2) is 0 Å². The van der Waals surface area contributed by atoms with Gasteiger partial charge in [-0.3, -0.25) is 0 Å². The van der Waals surface area contributed by atoms with Gasteiger partial charge >= 0.3 is 111 Å². The zero-order chi connectivity index (χ0) is 13.3. The SMILES string of the molecule is CC[O][Ti]([O]CC)([O]CC(C)C)[O]CC(C)C. The summed E-state index contributed by atoms with van der Waals surface area (Å²) < 4.78 is 23.1. The van der Waals surface area contributed by atoms with Crippen LogP contribution in [0.3, 0.4) is 0 Å². The molecule has 0 bridgehead atoms. The Kier molecular flexibility index (Phi) is 9.79. The van der Waals surface area contributed by atoms with Gasteiger partial charge in [0.05, 0.1) is 0 Å². The van der Waals surface area contributed by atoms with Crippen LogP contribution in [0.15, 0.2) is 0 Å². The molecule has 0 aromatic carbocycles. The van der Waals surface area contributed by atoms with Crippen molar-refractivity contribution in [1.82, 2.24) is 0 Å². The third-order valence-electron chi connectivity index (χ3n) is 1.83. The summed E-state index contributed by atoms with van der Waals surface area (Å²) in [7, 11) is 0. The fraction of sp³-hybridized carbons (Fsp3) is 1.00. The van der Waals surface area contributed by atoms with E-state index in [0.717, 1.165) is 0 Å². The van der Waals surface area contributed by atoms with E-state index in [9.17, 15) is 0 Å². The van der Waals surface area contributed by atoms with E-state index in [-0.39, 0.29) is 0 Å². The van der Waals surface area contributed by atoms with Crippen molar-refractivity contribution in [2.24, 2.45) is 11.8 Å². The molecule has 0 saturated heterocycles. The van der Waals surface area contributed by atoms with Crippen LogP contribution in [0.1, 0.15) is 41.5 Å². The second-order valence-electron chi connectivity index (χ2n) is 4.78. The number of rotatable bonds is 10. The number of hydrogen-bond acceptors (Lipinski definition) is 4. The van der Waals surface area contributed by atoms with Crippen molar-refractivity contribution < 1.29 is 31.4 Å². The molecule has 0 aliphatic heterocycles. The van der Waals surface area contributed by atoms with Crippen LogP contribution in [0, 0.1) is 11.8 Å². The van der Waals surface area contributed by atoms with Crippen molar-refractivity contribution in [1.29, 1.82) is 0 Å². The summed E-state index contributed by atoms with van der Waals surface area (Å²) >= 11 is -3.48. The van der Waals surface area contributed by atoms with Crippen LogP contribution in [0.5, 0.6) is 0 Å². The van der Waals surface area contributed by atoms with E-state index >= 15 is 0 Å². The molecule has 5 heteroatoms. The van der Waals surface area contributed by atoms with Crippen LogP contribution in [0.4, 0.5) is 0 Å². The molecule has 104 valence electrons. The van der Waals surface area contributed by atoms with Crippen LogP contribution in [-0.2, 0) is 31.4 Å². The van der Waals surface area contributed by atoms with Crippen LogP contribution >= 0.6 is 0 Å². The van der Waals surface area contributed by atoms with Crippen LogP contribution in [-0.4, -0.2) is 26.4 Å². The Morgan fingerprint density at radius 1 is 0.706 bits per heavy atom. The second kappa shape index (κ2) is 9.48. The quantitative estimate of drug-likeness (QED) is 0.577. The van der Waals surface area contributed by atoms with Gasteiger partial charge in [-0.05, 0) is 0 Å². The zero-order valence-electron chi connectivity index (χ0n) is 12.1. The molecule has 0 heterocycles. The Labute approximate surface area is 111 Å². The maximum atomic E-state index is 5.84. The van der Waals surface area contributed by atoms with Crippen LogP contribution < -0.4 is 0 Å². The Morgan fingerprint density at radius 3 is 1.29 bits per heavy atom. The van der Waals surface area contributed by atoms with E-state index < -0.39 is 18.1 Å². The van der Waals surface area contributed by atoms with Gasteiger partial charge < -0.3 is 0 Å². The Hall–Kier alpha value is 0.554. The molecular weight excluding hydrogens is 256 g/mol. The fourth-order valence-corrected chi connectivity index (χ4v) is 4.70. The Bertz CT molecular complexity index is 165. The van der Waals surface area contributed by atoms with Gasteiger partial charge in [-0.1, -0.05) is 0 Å². The first kappa shape index (κ1) is 17.6. The van der Waals surface area contributed by atoms with Gasteiger partial charge in [0.2, 0.25) is 0 Å². The monoisotopic (exact) mass is 284 g/mol. The van der Waals surface area contributed by atoms with Gasteiger partial charge in [-0.25, -0.2) is 0 Å². The van der Waals surface area contributed by atoms with Gasteiger partial charge in [-0.15, -0.1) is 0 Å².